The lowest BCUT2D eigenvalue weighted by atomic mass is 9.89. The van der Waals surface area contributed by atoms with Gasteiger partial charge in [-0.05, 0) is 18.9 Å². The molecule has 4 rings (SSSR count). The maximum Gasteiger partial charge on any atom is 0.228 e. The molecule has 0 saturated heterocycles. The Morgan fingerprint density at radius 2 is 2.07 bits per heavy atom. The molecule has 30 heavy (non-hydrogen) atoms. The summed E-state index contributed by atoms with van der Waals surface area (Å²) in [6.45, 7) is 1.26. The van der Waals surface area contributed by atoms with Crippen molar-refractivity contribution in [2.45, 2.75) is 32.1 Å². The van der Waals surface area contributed by atoms with Crippen molar-refractivity contribution >= 4 is 28.3 Å². The van der Waals surface area contributed by atoms with Crippen LogP contribution in [0.4, 0.5) is 11.5 Å². The number of pyridine rings is 2. The van der Waals surface area contributed by atoms with E-state index in [0.717, 1.165) is 53.5 Å². The van der Waals surface area contributed by atoms with Gasteiger partial charge in [0.1, 0.15) is 5.82 Å². The van der Waals surface area contributed by atoms with E-state index in [1.165, 1.54) is 6.42 Å². The normalized spacial score (nSPS) is 14.7. The second-order valence-corrected chi connectivity index (χ2v) is 7.79. The number of nitrogens with zero attached hydrogens (tertiary/aromatic N) is 4. The number of hydrogen-bond donors (Lipinski definition) is 2. The van der Waals surface area contributed by atoms with Crippen molar-refractivity contribution in [1.82, 2.24) is 19.7 Å². The molecule has 0 aromatic carbocycles. The molecular weight excluding hydrogens is 380 g/mol. The van der Waals surface area contributed by atoms with Crippen molar-refractivity contribution in [3.8, 4) is 11.3 Å². The number of hydrogen-bond acceptors (Lipinski definition) is 6. The number of rotatable bonds is 7. The quantitative estimate of drug-likeness (QED) is 0.580. The number of carbonyl (C=O) groups excluding carboxylic acids is 1. The van der Waals surface area contributed by atoms with Gasteiger partial charge in [0.05, 0.1) is 24.0 Å². The van der Waals surface area contributed by atoms with Gasteiger partial charge in [-0.25, -0.2) is 9.97 Å². The van der Waals surface area contributed by atoms with E-state index in [9.17, 15) is 4.79 Å². The topological polar surface area (TPSA) is 94.0 Å². The first-order chi connectivity index (χ1) is 14.6. The fourth-order valence-corrected chi connectivity index (χ4v) is 3.92. The van der Waals surface area contributed by atoms with Crippen LogP contribution in [-0.2, 0) is 16.6 Å². The van der Waals surface area contributed by atoms with E-state index in [1.807, 2.05) is 25.4 Å². The van der Waals surface area contributed by atoms with Crippen LogP contribution in [0.1, 0.15) is 32.1 Å². The van der Waals surface area contributed by atoms with E-state index in [4.69, 9.17) is 9.72 Å². The first-order valence-corrected chi connectivity index (χ1v) is 10.5. The van der Waals surface area contributed by atoms with Gasteiger partial charge in [0, 0.05) is 61.7 Å². The molecule has 1 saturated carbocycles. The maximum atomic E-state index is 12.6. The molecule has 1 aliphatic rings. The SMILES string of the molecule is COCCNc1cc(-c2cnn(C)c2)nc2cc(NC(=O)C3CCCCC3)ncc12. The van der Waals surface area contributed by atoms with Crippen LogP contribution < -0.4 is 10.6 Å². The van der Waals surface area contributed by atoms with Gasteiger partial charge in [-0.2, -0.15) is 5.10 Å². The Balaban J connectivity index is 1.65. The van der Waals surface area contributed by atoms with Crippen molar-refractivity contribution in [2.24, 2.45) is 13.0 Å². The molecule has 1 fully saturated rings. The third-order valence-electron chi connectivity index (χ3n) is 5.54. The lowest BCUT2D eigenvalue weighted by Gasteiger charge is -2.20. The number of fused-ring (bicyclic) bond motifs is 1. The van der Waals surface area contributed by atoms with Gasteiger partial charge in [0.25, 0.3) is 0 Å². The molecule has 0 radical (unpaired) electrons. The summed E-state index contributed by atoms with van der Waals surface area (Å²) >= 11 is 0. The zero-order chi connectivity index (χ0) is 20.9. The van der Waals surface area contributed by atoms with Crippen LogP contribution >= 0.6 is 0 Å². The van der Waals surface area contributed by atoms with Gasteiger partial charge in [-0.3, -0.25) is 9.48 Å². The van der Waals surface area contributed by atoms with Crippen LogP contribution in [0.15, 0.2) is 30.7 Å². The Kier molecular flexibility index (Phi) is 6.23. The average Bonchev–Trinajstić information content (AvgIpc) is 3.20. The minimum atomic E-state index is 0.0587. The van der Waals surface area contributed by atoms with Gasteiger partial charge in [-0.15, -0.1) is 0 Å². The largest absolute Gasteiger partial charge is 0.383 e. The summed E-state index contributed by atoms with van der Waals surface area (Å²) in [4.78, 5) is 21.9. The Labute approximate surface area is 176 Å². The predicted octanol–water partition coefficient (Wildman–Crippen LogP) is 3.61. The minimum absolute atomic E-state index is 0.0587. The van der Waals surface area contributed by atoms with Crippen LogP contribution in [0.3, 0.4) is 0 Å². The molecule has 0 spiro atoms. The van der Waals surface area contributed by atoms with E-state index >= 15 is 0 Å². The number of aryl methyl sites for hydroxylation is 1. The highest BCUT2D eigenvalue weighted by Gasteiger charge is 2.21. The van der Waals surface area contributed by atoms with Gasteiger partial charge < -0.3 is 15.4 Å². The highest BCUT2D eigenvalue weighted by atomic mass is 16.5. The van der Waals surface area contributed by atoms with Crippen LogP contribution in [0.5, 0.6) is 0 Å². The molecule has 1 amide bonds. The molecule has 3 aromatic rings. The number of aromatic nitrogens is 4. The molecule has 1 aliphatic carbocycles. The number of nitrogens with one attached hydrogen (secondary N) is 2. The smallest absolute Gasteiger partial charge is 0.228 e. The summed E-state index contributed by atoms with van der Waals surface area (Å²) in [7, 11) is 3.56. The van der Waals surface area contributed by atoms with E-state index in [1.54, 1.807) is 24.2 Å². The molecule has 8 heteroatoms. The molecule has 8 nitrogen and oxygen atoms in total. The Hall–Kier alpha value is -3.00. The number of ether oxygens (including phenoxy) is 1. The van der Waals surface area contributed by atoms with Crippen molar-refractivity contribution in [2.75, 3.05) is 30.9 Å². The van der Waals surface area contributed by atoms with E-state index < -0.39 is 0 Å². The summed E-state index contributed by atoms with van der Waals surface area (Å²) in [5.74, 6) is 0.678. The zero-order valence-electron chi connectivity index (χ0n) is 17.5. The summed E-state index contributed by atoms with van der Waals surface area (Å²) in [5.41, 5.74) is 3.43. The predicted molar refractivity (Wildman–Crippen MR) is 117 cm³/mol. The fourth-order valence-electron chi connectivity index (χ4n) is 3.92. The molecule has 3 aromatic heterocycles. The first kappa shape index (κ1) is 20.3. The Morgan fingerprint density at radius 3 is 2.80 bits per heavy atom. The fraction of sp³-hybridized carbons (Fsp3) is 0.455. The molecule has 3 heterocycles. The van der Waals surface area contributed by atoms with Gasteiger partial charge in [0.2, 0.25) is 5.91 Å². The van der Waals surface area contributed by atoms with Crippen molar-refractivity contribution < 1.29 is 9.53 Å². The van der Waals surface area contributed by atoms with Crippen molar-refractivity contribution in [3.05, 3.63) is 30.7 Å². The summed E-state index contributed by atoms with van der Waals surface area (Å²) in [6, 6.07) is 3.84. The van der Waals surface area contributed by atoms with Crippen LogP contribution in [0.25, 0.3) is 22.2 Å². The van der Waals surface area contributed by atoms with Crippen LogP contribution in [0, 0.1) is 5.92 Å². The van der Waals surface area contributed by atoms with Crippen molar-refractivity contribution in [1.29, 1.82) is 0 Å². The molecule has 0 aliphatic heterocycles. The summed E-state index contributed by atoms with van der Waals surface area (Å²) in [5, 5.41) is 11.5. The number of amides is 1. The van der Waals surface area contributed by atoms with Gasteiger partial charge >= 0.3 is 0 Å². The molecule has 0 bridgehead atoms. The number of carbonyl (C=O) groups is 1. The van der Waals surface area contributed by atoms with Crippen LogP contribution in [-0.4, -0.2) is 45.9 Å². The van der Waals surface area contributed by atoms with E-state index in [0.29, 0.717) is 19.0 Å². The molecule has 158 valence electrons. The van der Waals surface area contributed by atoms with E-state index in [-0.39, 0.29) is 11.8 Å². The third-order valence-corrected chi connectivity index (χ3v) is 5.54. The minimum Gasteiger partial charge on any atom is -0.383 e. The molecule has 2 N–H and O–H groups in total. The highest BCUT2D eigenvalue weighted by Crippen LogP contribution is 2.30. The third kappa shape index (κ3) is 4.59. The summed E-state index contributed by atoms with van der Waals surface area (Å²) < 4.78 is 6.91. The average molecular weight is 409 g/mol. The highest BCUT2D eigenvalue weighted by molar-refractivity contribution is 5.97. The second-order valence-electron chi connectivity index (χ2n) is 7.79. The van der Waals surface area contributed by atoms with Gasteiger partial charge in [0.15, 0.2) is 0 Å². The standard InChI is InChI=1S/C22H28N6O2/c1-28-14-16(12-25-28)18-10-19(23-8-9-30-2)17-13-24-21(11-20(17)26-18)27-22(29)15-6-4-3-5-7-15/h10-15H,3-9H2,1-2H3,(H,23,26)(H,24,27,29). The lowest BCUT2D eigenvalue weighted by Crippen LogP contribution is -2.25. The summed E-state index contributed by atoms with van der Waals surface area (Å²) in [6.07, 6.45) is 10.9. The van der Waals surface area contributed by atoms with E-state index in [2.05, 4.69) is 20.7 Å². The second kappa shape index (κ2) is 9.21. The Bertz CT molecular complexity index is 1030. The molecule has 0 unspecified atom stereocenters. The molecular formula is C22H28N6O2. The monoisotopic (exact) mass is 408 g/mol. The maximum absolute atomic E-state index is 12.6. The number of methoxy groups -OCH3 is 1. The van der Waals surface area contributed by atoms with Crippen molar-refractivity contribution in [3.63, 3.8) is 0 Å². The van der Waals surface area contributed by atoms with Gasteiger partial charge in [-0.1, -0.05) is 19.3 Å². The molecule has 0 atom stereocenters. The first-order valence-electron chi connectivity index (χ1n) is 10.5. The number of anilines is 2. The lowest BCUT2D eigenvalue weighted by molar-refractivity contribution is -0.120. The Morgan fingerprint density at radius 1 is 1.23 bits per heavy atom. The zero-order valence-corrected chi connectivity index (χ0v) is 17.5. The van der Waals surface area contributed by atoms with Crippen LogP contribution in [0.2, 0.25) is 0 Å².